The lowest BCUT2D eigenvalue weighted by molar-refractivity contribution is -0.133. The van der Waals surface area contributed by atoms with Crippen LogP contribution in [0.5, 0.6) is 0 Å². The molecule has 0 saturated heterocycles. The van der Waals surface area contributed by atoms with E-state index in [2.05, 4.69) is 42.1 Å². The van der Waals surface area contributed by atoms with Crippen molar-refractivity contribution in [1.29, 1.82) is 0 Å². The number of hydrogen-bond donors (Lipinski definition) is 0. The van der Waals surface area contributed by atoms with E-state index in [0.29, 0.717) is 17.9 Å². The Balaban J connectivity index is 1.47. The molecule has 0 bridgehead atoms. The van der Waals surface area contributed by atoms with Crippen LogP contribution in [0.4, 0.5) is 0 Å². The van der Waals surface area contributed by atoms with Crippen LogP contribution in [-0.4, -0.2) is 26.4 Å². The molecule has 5 rings (SSSR count). The van der Waals surface area contributed by atoms with Gasteiger partial charge in [-0.05, 0) is 53.6 Å². The molecule has 3 heterocycles. The number of hydrogen-bond acceptors (Lipinski definition) is 5. The fourth-order valence-corrected chi connectivity index (χ4v) is 4.35. The molecule has 0 aliphatic carbocycles. The second-order valence-corrected chi connectivity index (χ2v) is 9.59. The lowest BCUT2D eigenvalue weighted by Crippen LogP contribution is -2.34. The number of furan rings is 1. The SMILES string of the molecule is O=C(Cn1nc(-c2ccco2)ccc1=O)N1N=C(c2ccc(Br)cc2)CC1c1ccc(Br)cc1. The minimum Gasteiger partial charge on any atom is -0.463 e. The largest absolute Gasteiger partial charge is 0.463 e. The van der Waals surface area contributed by atoms with Crippen molar-refractivity contribution >= 4 is 43.5 Å². The number of nitrogens with zero attached hydrogens (tertiary/aromatic N) is 4. The topological polar surface area (TPSA) is 80.7 Å². The Morgan fingerprint density at radius 1 is 0.971 bits per heavy atom. The van der Waals surface area contributed by atoms with Gasteiger partial charge in [0.2, 0.25) is 0 Å². The third-order valence-corrected chi connectivity index (χ3v) is 6.58. The Morgan fingerprint density at radius 3 is 2.35 bits per heavy atom. The molecule has 0 radical (unpaired) electrons. The number of halogens is 2. The zero-order valence-corrected chi connectivity index (χ0v) is 20.9. The number of hydrazone groups is 1. The van der Waals surface area contributed by atoms with Crippen molar-refractivity contribution in [3.8, 4) is 11.5 Å². The van der Waals surface area contributed by atoms with Gasteiger partial charge in [0.15, 0.2) is 5.76 Å². The van der Waals surface area contributed by atoms with E-state index in [1.807, 2.05) is 48.5 Å². The fraction of sp³-hybridized carbons (Fsp3) is 0.120. The number of carbonyl (C=O) groups excluding carboxylic acids is 1. The minimum absolute atomic E-state index is 0.239. The highest BCUT2D eigenvalue weighted by Crippen LogP contribution is 2.33. The predicted molar refractivity (Wildman–Crippen MR) is 135 cm³/mol. The first-order valence-corrected chi connectivity index (χ1v) is 12.1. The van der Waals surface area contributed by atoms with Gasteiger partial charge < -0.3 is 4.42 Å². The van der Waals surface area contributed by atoms with Gasteiger partial charge in [0.05, 0.1) is 18.0 Å². The normalized spacial score (nSPS) is 15.4. The molecule has 0 fully saturated rings. The van der Waals surface area contributed by atoms with Crippen molar-refractivity contribution < 1.29 is 9.21 Å². The lowest BCUT2D eigenvalue weighted by Gasteiger charge is -2.22. The molecule has 1 atom stereocenters. The van der Waals surface area contributed by atoms with Crippen LogP contribution < -0.4 is 5.56 Å². The van der Waals surface area contributed by atoms with Gasteiger partial charge in [0.25, 0.3) is 11.5 Å². The first kappa shape index (κ1) is 22.5. The summed E-state index contributed by atoms with van der Waals surface area (Å²) in [6, 6.07) is 21.8. The Morgan fingerprint density at radius 2 is 1.68 bits per heavy atom. The number of carbonyl (C=O) groups is 1. The fourth-order valence-electron chi connectivity index (χ4n) is 3.82. The maximum absolute atomic E-state index is 13.4. The Labute approximate surface area is 212 Å². The van der Waals surface area contributed by atoms with Crippen LogP contribution in [0.25, 0.3) is 11.5 Å². The van der Waals surface area contributed by atoms with Gasteiger partial charge in [0, 0.05) is 21.4 Å². The average Bonchev–Trinajstić information content (AvgIpc) is 3.52. The Bertz CT molecular complexity index is 1410. The van der Waals surface area contributed by atoms with Crippen LogP contribution in [0.2, 0.25) is 0 Å². The molecule has 1 unspecified atom stereocenters. The molecule has 2 aromatic heterocycles. The zero-order chi connectivity index (χ0) is 23.7. The zero-order valence-electron chi connectivity index (χ0n) is 17.8. The second kappa shape index (κ2) is 9.52. The molecule has 34 heavy (non-hydrogen) atoms. The molecule has 7 nitrogen and oxygen atoms in total. The number of rotatable bonds is 5. The lowest BCUT2D eigenvalue weighted by atomic mass is 9.98. The van der Waals surface area contributed by atoms with Crippen molar-refractivity contribution in [2.45, 2.75) is 19.0 Å². The van der Waals surface area contributed by atoms with Crippen molar-refractivity contribution in [3.63, 3.8) is 0 Å². The summed E-state index contributed by atoms with van der Waals surface area (Å²) >= 11 is 6.91. The van der Waals surface area contributed by atoms with E-state index < -0.39 is 0 Å². The van der Waals surface area contributed by atoms with Crippen molar-refractivity contribution in [1.82, 2.24) is 14.8 Å². The van der Waals surface area contributed by atoms with Crippen molar-refractivity contribution in [2.75, 3.05) is 0 Å². The maximum Gasteiger partial charge on any atom is 0.267 e. The van der Waals surface area contributed by atoms with E-state index >= 15 is 0 Å². The summed E-state index contributed by atoms with van der Waals surface area (Å²) in [6.45, 7) is -0.239. The molecule has 0 spiro atoms. The van der Waals surface area contributed by atoms with Crippen molar-refractivity contribution in [2.24, 2.45) is 5.10 Å². The predicted octanol–water partition coefficient (Wildman–Crippen LogP) is 5.41. The maximum atomic E-state index is 13.4. The van der Waals surface area contributed by atoms with Gasteiger partial charge in [-0.25, -0.2) is 9.69 Å². The van der Waals surface area contributed by atoms with E-state index in [4.69, 9.17) is 4.42 Å². The monoisotopic (exact) mass is 580 g/mol. The number of aromatic nitrogens is 2. The molecule has 0 saturated carbocycles. The van der Waals surface area contributed by atoms with Crippen LogP contribution in [0.15, 0.2) is 102 Å². The van der Waals surface area contributed by atoms with Gasteiger partial charge in [-0.2, -0.15) is 10.2 Å². The quantitative estimate of drug-likeness (QED) is 0.316. The number of amides is 1. The Hall–Kier alpha value is -3.30. The molecular formula is C25H18Br2N4O3. The molecular weight excluding hydrogens is 564 g/mol. The van der Waals surface area contributed by atoms with E-state index in [1.165, 1.54) is 17.3 Å². The van der Waals surface area contributed by atoms with Crippen LogP contribution in [0, 0.1) is 0 Å². The standard InChI is InChI=1S/C25H18Br2N4O3/c26-18-7-3-16(4-8-18)21-14-22(17-5-9-19(27)10-6-17)31(29-21)25(33)15-30-24(32)12-11-20(28-30)23-2-1-13-34-23/h1-13,22H,14-15H2. The van der Waals surface area contributed by atoms with Crippen LogP contribution in [0.1, 0.15) is 23.6 Å². The van der Waals surface area contributed by atoms with Gasteiger partial charge in [-0.1, -0.05) is 56.1 Å². The first-order chi connectivity index (χ1) is 16.5. The summed E-state index contributed by atoms with van der Waals surface area (Å²) in [5, 5.41) is 10.5. The summed E-state index contributed by atoms with van der Waals surface area (Å²) in [4.78, 5) is 25.9. The summed E-state index contributed by atoms with van der Waals surface area (Å²) in [5.41, 5.74) is 2.80. The molecule has 1 aliphatic rings. The van der Waals surface area contributed by atoms with Gasteiger partial charge in [-0.15, -0.1) is 0 Å². The van der Waals surface area contributed by atoms with Crippen LogP contribution >= 0.6 is 31.9 Å². The van der Waals surface area contributed by atoms with Crippen molar-refractivity contribution in [3.05, 3.63) is 109 Å². The highest BCUT2D eigenvalue weighted by molar-refractivity contribution is 9.10. The average molecular weight is 582 g/mol. The van der Waals surface area contributed by atoms with E-state index in [0.717, 1.165) is 30.5 Å². The summed E-state index contributed by atoms with van der Waals surface area (Å²) in [6.07, 6.45) is 2.09. The molecule has 4 aromatic rings. The summed E-state index contributed by atoms with van der Waals surface area (Å²) in [5.74, 6) is 0.192. The summed E-state index contributed by atoms with van der Waals surface area (Å²) in [7, 11) is 0. The van der Waals surface area contributed by atoms with E-state index in [9.17, 15) is 9.59 Å². The van der Waals surface area contributed by atoms with Gasteiger partial charge >= 0.3 is 0 Å². The van der Waals surface area contributed by atoms with Crippen LogP contribution in [-0.2, 0) is 11.3 Å². The highest BCUT2D eigenvalue weighted by atomic mass is 79.9. The first-order valence-electron chi connectivity index (χ1n) is 10.5. The van der Waals surface area contributed by atoms with E-state index in [1.54, 1.807) is 18.2 Å². The Kier molecular flexibility index (Phi) is 6.30. The number of benzene rings is 2. The minimum atomic E-state index is -0.375. The molecule has 2 aromatic carbocycles. The smallest absolute Gasteiger partial charge is 0.267 e. The van der Waals surface area contributed by atoms with Gasteiger partial charge in [0.1, 0.15) is 12.2 Å². The molecule has 1 amide bonds. The van der Waals surface area contributed by atoms with E-state index in [-0.39, 0.29) is 24.1 Å². The third kappa shape index (κ3) is 4.67. The molecule has 170 valence electrons. The molecule has 9 heteroatoms. The molecule has 0 N–H and O–H groups in total. The van der Waals surface area contributed by atoms with Gasteiger partial charge in [-0.3, -0.25) is 9.59 Å². The third-order valence-electron chi connectivity index (χ3n) is 5.52. The second-order valence-electron chi connectivity index (χ2n) is 7.76. The van der Waals surface area contributed by atoms with Crippen LogP contribution in [0.3, 0.4) is 0 Å². The highest BCUT2D eigenvalue weighted by Gasteiger charge is 2.33. The summed E-state index contributed by atoms with van der Waals surface area (Å²) < 4.78 is 8.44. The molecule has 1 aliphatic heterocycles.